The first kappa shape index (κ1) is 13.4. The van der Waals surface area contributed by atoms with Crippen LogP contribution in [0.5, 0.6) is 0 Å². The first-order valence-electron chi connectivity index (χ1n) is 5.38. The van der Waals surface area contributed by atoms with Gasteiger partial charge in [-0.05, 0) is 18.2 Å². The van der Waals surface area contributed by atoms with Gasteiger partial charge in [-0.2, -0.15) is 0 Å². The van der Waals surface area contributed by atoms with E-state index in [1.165, 1.54) is 18.2 Å². The SMILES string of the molecule is O=C(O)C1=CC(=NO)CC(c2ccc(Cl)cc2F)N1. The zero-order valence-corrected chi connectivity index (χ0v) is 10.4. The Labute approximate surface area is 113 Å². The van der Waals surface area contributed by atoms with Gasteiger partial charge in [0.2, 0.25) is 0 Å². The van der Waals surface area contributed by atoms with Crippen LogP contribution in [0.3, 0.4) is 0 Å². The Morgan fingerprint density at radius 1 is 1.53 bits per heavy atom. The predicted octanol–water partition coefficient (Wildman–Crippen LogP) is 2.31. The van der Waals surface area contributed by atoms with Gasteiger partial charge >= 0.3 is 5.97 Å². The van der Waals surface area contributed by atoms with E-state index >= 15 is 0 Å². The summed E-state index contributed by atoms with van der Waals surface area (Å²) in [6.45, 7) is 0. The molecule has 1 atom stereocenters. The molecule has 0 saturated heterocycles. The van der Waals surface area contributed by atoms with Crippen LogP contribution in [0.4, 0.5) is 4.39 Å². The Balaban J connectivity index is 2.36. The lowest BCUT2D eigenvalue weighted by Gasteiger charge is -2.24. The number of halogens is 2. The third kappa shape index (κ3) is 2.85. The Hall–Kier alpha value is -2.08. The van der Waals surface area contributed by atoms with Gasteiger partial charge in [0.25, 0.3) is 0 Å². The van der Waals surface area contributed by atoms with Crippen molar-refractivity contribution in [1.29, 1.82) is 0 Å². The van der Waals surface area contributed by atoms with E-state index in [0.717, 1.165) is 6.07 Å². The highest BCUT2D eigenvalue weighted by Crippen LogP contribution is 2.27. The van der Waals surface area contributed by atoms with E-state index in [9.17, 15) is 9.18 Å². The molecular formula is C12H10ClFN2O3. The second-order valence-corrected chi connectivity index (χ2v) is 4.46. The zero-order chi connectivity index (χ0) is 14.0. The van der Waals surface area contributed by atoms with Gasteiger partial charge in [0, 0.05) is 17.0 Å². The molecule has 1 heterocycles. The smallest absolute Gasteiger partial charge is 0.352 e. The molecule has 2 rings (SSSR count). The van der Waals surface area contributed by atoms with E-state index in [4.69, 9.17) is 21.9 Å². The van der Waals surface area contributed by atoms with Crippen molar-refractivity contribution in [3.05, 3.63) is 46.4 Å². The van der Waals surface area contributed by atoms with Crippen LogP contribution in [0.15, 0.2) is 35.1 Å². The molecule has 1 unspecified atom stereocenters. The van der Waals surface area contributed by atoms with Crippen LogP contribution in [0, 0.1) is 5.82 Å². The van der Waals surface area contributed by atoms with Gasteiger partial charge in [-0.25, -0.2) is 9.18 Å². The number of rotatable bonds is 2. The predicted molar refractivity (Wildman–Crippen MR) is 66.8 cm³/mol. The number of allylic oxidation sites excluding steroid dienone is 1. The lowest BCUT2D eigenvalue weighted by atomic mass is 9.96. The third-order valence-corrected chi connectivity index (χ3v) is 2.99. The van der Waals surface area contributed by atoms with Crippen LogP contribution in [-0.2, 0) is 4.79 Å². The monoisotopic (exact) mass is 284 g/mol. The minimum atomic E-state index is -1.21. The molecule has 0 aromatic heterocycles. The molecule has 5 nitrogen and oxygen atoms in total. The van der Waals surface area contributed by atoms with E-state index in [-0.39, 0.29) is 28.4 Å². The molecular weight excluding hydrogens is 275 g/mol. The van der Waals surface area contributed by atoms with Crippen molar-refractivity contribution in [2.24, 2.45) is 5.16 Å². The van der Waals surface area contributed by atoms with E-state index < -0.39 is 17.8 Å². The number of nitrogens with zero attached hydrogens (tertiary/aromatic N) is 1. The van der Waals surface area contributed by atoms with Gasteiger partial charge in [-0.3, -0.25) is 0 Å². The summed E-state index contributed by atoms with van der Waals surface area (Å²) in [5, 5.41) is 23.6. The Morgan fingerprint density at radius 3 is 2.84 bits per heavy atom. The molecule has 0 saturated carbocycles. The first-order valence-corrected chi connectivity index (χ1v) is 5.76. The number of carboxylic acid groups (broad SMARTS) is 1. The lowest BCUT2D eigenvalue weighted by Crippen LogP contribution is -2.32. The number of oxime groups is 1. The van der Waals surface area contributed by atoms with Gasteiger partial charge < -0.3 is 15.6 Å². The normalized spacial score (nSPS) is 20.8. The van der Waals surface area contributed by atoms with Crippen LogP contribution in [0.2, 0.25) is 5.02 Å². The van der Waals surface area contributed by atoms with Crippen molar-refractivity contribution in [3.63, 3.8) is 0 Å². The molecule has 1 aliphatic rings. The van der Waals surface area contributed by atoms with Crippen molar-refractivity contribution in [1.82, 2.24) is 5.32 Å². The molecule has 0 aliphatic carbocycles. The second kappa shape index (κ2) is 5.27. The number of carboxylic acids is 1. The lowest BCUT2D eigenvalue weighted by molar-refractivity contribution is -0.133. The third-order valence-electron chi connectivity index (χ3n) is 2.75. The molecule has 0 amide bonds. The zero-order valence-electron chi connectivity index (χ0n) is 9.60. The number of hydrogen-bond donors (Lipinski definition) is 3. The summed E-state index contributed by atoms with van der Waals surface area (Å²) in [5.41, 5.74) is 0.270. The standard InChI is InChI=1S/C12H10ClFN2O3/c13-6-1-2-8(9(14)3-6)10-4-7(16-19)5-11(15-10)12(17)18/h1-3,5,10,15,19H,4H2,(H,17,18). The molecule has 0 spiro atoms. The maximum atomic E-state index is 13.8. The van der Waals surface area contributed by atoms with Crippen LogP contribution in [0.25, 0.3) is 0 Å². The highest BCUT2D eigenvalue weighted by molar-refractivity contribution is 6.30. The molecule has 1 aromatic carbocycles. The number of nitrogens with one attached hydrogen (secondary N) is 1. The summed E-state index contributed by atoms with van der Waals surface area (Å²) in [7, 11) is 0. The minimum absolute atomic E-state index is 0.154. The molecule has 0 fully saturated rings. The van der Waals surface area contributed by atoms with E-state index in [0.29, 0.717) is 0 Å². The minimum Gasteiger partial charge on any atom is -0.477 e. The Morgan fingerprint density at radius 2 is 2.26 bits per heavy atom. The summed E-state index contributed by atoms with van der Waals surface area (Å²) >= 11 is 5.66. The van der Waals surface area contributed by atoms with Gasteiger partial charge in [0.1, 0.15) is 11.5 Å². The fraction of sp³-hybridized carbons (Fsp3) is 0.167. The average molecular weight is 285 g/mol. The highest BCUT2D eigenvalue weighted by atomic mass is 35.5. The van der Waals surface area contributed by atoms with E-state index in [2.05, 4.69) is 10.5 Å². The van der Waals surface area contributed by atoms with Gasteiger partial charge in [0.15, 0.2) is 0 Å². The summed E-state index contributed by atoms with van der Waals surface area (Å²) in [5.74, 6) is -1.76. The Kier molecular flexibility index (Phi) is 3.71. The molecule has 0 bridgehead atoms. The average Bonchev–Trinajstić information content (AvgIpc) is 2.38. The fourth-order valence-electron chi connectivity index (χ4n) is 1.88. The molecule has 100 valence electrons. The number of aliphatic carboxylic acids is 1. The molecule has 19 heavy (non-hydrogen) atoms. The summed E-state index contributed by atoms with van der Waals surface area (Å²) < 4.78 is 13.8. The highest BCUT2D eigenvalue weighted by Gasteiger charge is 2.25. The van der Waals surface area contributed by atoms with Crippen LogP contribution < -0.4 is 5.32 Å². The van der Waals surface area contributed by atoms with E-state index in [1.54, 1.807) is 0 Å². The van der Waals surface area contributed by atoms with Crippen molar-refractivity contribution in [2.45, 2.75) is 12.5 Å². The summed E-state index contributed by atoms with van der Waals surface area (Å²) in [6, 6.07) is 3.50. The number of carbonyl (C=O) groups is 1. The summed E-state index contributed by atoms with van der Waals surface area (Å²) in [4.78, 5) is 10.9. The molecule has 1 aliphatic heterocycles. The first-order chi connectivity index (χ1) is 9.01. The number of hydrogen-bond acceptors (Lipinski definition) is 4. The van der Waals surface area contributed by atoms with Crippen LogP contribution >= 0.6 is 11.6 Å². The Bertz CT molecular complexity index is 586. The number of benzene rings is 1. The van der Waals surface area contributed by atoms with Gasteiger partial charge in [0.05, 0.1) is 11.8 Å². The molecule has 0 radical (unpaired) electrons. The van der Waals surface area contributed by atoms with Crippen molar-refractivity contribution >= 4 is 23.3 Å². The summed E-state index contributed by atoms with van der Waals surface area (Å²) in [6.07, 6.45) is 1.37. The van der Waals surface area contributed by atoms with Crippen LogP contribution in [-0.4, -0.2) is 22.0 Å². The maximum absolute atomic E-state index is 13.8. The van der Waals surface area contributed by atoms with Crippen LogP contribution in [0.1, 0.15) is 18.0 Å². The topological polar surface area (TPSA) is 81.9 Å². The van der Waals surface area contributed by atoms with Gasteiger partial charge in [-0.1, -0.05) is 22.8 Å². The van der Waals surface area contributed by atoms with Gasteiger partial charge in [-0.15, -0.1) is 0 Å². The largest absolute Gasteiger partial charge is 0.477 e. The second-order valence-electron chi connectivity index (χ2n) is 4.02. The molecule has 3 N–H and O–H groups in total. The fourth-order valence-corrected chi connectivity index (χ4v) is 2.04. The van der Waals surface area contributed by atoms with E-state index in [1.807, 2.05) is 0 Å². The quantitative estimate of drug-likeness (QED) is 0.575. The van der Waals surface area contributed by atoms with Crippen molar-refractivity contribution in [2.75, 3.05) is 0 Å². The maximum Gasteiger partial charge on any atom is 0.352 e. The van der Waals surface area contributed by atoms with Crippen molar-refractivity contribution in [3.8, 4) is 0 Å². The molecule has 7 heteroatoms. The van der Waals surface area contributed by atoms with Crippen molar-refractivity contribution < 1.29 is 19.5 Å². The molecule has 1 aromatic rings.